The summed E-state index contributed by atoms with van der Waals surface area (Å²) in [7, 11) is 0. The van der Waals surface area contributed by atoms with E-state index in [2.05, 4.69) is 0 Å². The minimum Gasteiger partial charge on any atom is -0.481 e. The minimum absolute atomic E-state index is 0. The maximum atomic E-state index is 13.0. The Morgan fingerprint density at radius 1 is 1.38 bits per heavy atom. The van der Waals surface area contributed by atoms with Crippen molar-refractivity contribution in [1.29, 1.82) is 0 Å². The first kappa shape index (κ1) is 20.4. The molecule has 1 fully saturated rings. The van der Waals surface area contributed by atoms with Crippen molar-refractivity contribution in [3.8, 4) is 0 Å². The molecule has 1 aliphatic heterocycles. The topological polar surface area (TPSA) is 60.9 Å². The van der Waals surface area contributed by atoms with Crippen molar-refractivity contribution in [3.63, 3.8) is 0 Å². The van der Waals surface area contributed by atoms with Crippen molar-refractivity contribution in [2.24, 2.45) is 5.92 Å². The fourth-order valence-corrected chi connectivity index (χ4v) is 3.05. The third-order valence-corrected chi connectivity index (χ3v) is 4.46. The van der Waals surface area contributed by atoms with E-state index in [1.165, 1.54) is 12.1 Å². The minimum atomic E-state index is -0.799. The van der Waals surface area contributed by atoms with Crippen molar-refractivity contribution in [1.82, 2.24) is 9.80 Å². The summed E-state index contributed by atoms with van der Waals surface area (Å²) in [4.78, 5) is 27.2. The number of hydrogen-bond donors (Lipinski definition) is 1. The molecule has 2 unspecified atom stereocenters. The Hall–Kier alpha value is -1.66. The third kappa shape index (κ3) is 4.92. The molecule has 1 aromatic carbocycles. The van der Waals surface area contributed by atoms with Crippen LogP contribution < -0.4 is 0 Å². The number of carboxylic acids is 1. The highest BCUT2D eigenvalue weighted by Gasteiger charge is 2.30. The van der Waals surface area contributed by atoms with E-state index in [1.54, 1.807) is 17.0 Å². The summed E-state index contributed by atoms with van der Waals surface area (Å²) in [5.41, 5.74) is 0.881. The van der Waals surface area contributed by atoms with Crippen LogP contribution in [0.15, 0.2) is 24.3 Å². The average molecular weight is 359 g/mol. The fourth-order valence-electron chi connectivity index (χ4n) is 3.05. The molecule has 2 rings (SSSR count). The molecule has 24 heavy (non-hydrogen) atoms. The SMILES string of the molecule is CCN(C(=O)CN1CCC(C(=O)O)C1)C(C)c1ccc(F)cc1.Cl. The van der Waals surface area contributed by atoms with Gasteiger partial charge in [0.1, 0.15) is 5.82 Å². The van der Waals surface area contributed by atoms with E-state index in [4.69, 9.17) is 5.11 Å². The molecule has 0 saturated carbocycles. The van der Waals surface area contributed by atoms with Crippen LogP contribution in [-0.4, -0.2) is 53.0 Å². The summed E-state index contributed by atoms with van der Waals surface area (Å²) >= 11 is 0. The molecule has 0 spiro atoms. The first-order chi connectivity index (χ1) is 10.9. The van der Waals surface area contributed by atoms with Crippen molar-refractivity contribution >= 4 is 24.3 Å². The zero-order chi connectivity index (χ0) is 17.0. The lowest BCUT2D eigenvalue weighted by molar-refractivity contribution is -0.141. The smallest absolute Gasteiger partial charge is 0.307 e. The van der Waals surface area contributed by atoms with Gasteiger partial charge in [0.25, 0.3) is 0 Å². The molecular weight excluding hydrogens is 335 g/mol. The number of aliphatic carboxylic acids is 1. The second-order valence-electron chi connectivity index (χ2n) is 5.97. The van der Waals surface area contributed by atoms with Crippen LogP contribution in [0.5, 0.6) is 0 Å². The normalized spacial score (nSPS) is 18.7. The predicted molar refractivity (Wildman–Crippen MR) is 91.6 cm³/mol. The number of rotatable bonds is 6. The van der Waals surface area contributed by atoms with Gasteiger partial charge in [0, 0.05) is 13.1 Å². The van der Waals surface area contributed by atoms with Gasteiger partial charge in [-0.2, -0.15) is 0 Å². The van der Waals surface area contributed by atoms with E-state index in [0.29, 0.717) is 26.1 Å². The highest BCUT2D eigenvalue weighted by molar-refractivity contribution is 5.85. The molecule has 0 aliphatic carbocycles. The van der Waals surface area contributed by atoms with Gasteiger partial charge < -0.3 is 10.0 Å². The Bertz CT molecular complexity index is 567. The molecule has 1 amide bonds. The summed E-state index contributed by atoms with van der Waals surface area (Å²) in [6.45, 7) is 5.64. The Labute approximate surface area is 147 Å². The summed E-state index contributed by atoms with van der Waals surface area (Å²) in [5, 5.41) is 9.03. The van der Waals surface area contributed by atoms with E-state index in [9.17, 15) is 14.0 Å². The second-order valence-corrected chi connectivity index (χ2v) is 5.97. The quantitative estimate of drug-likeness (QED) is 0.849. The number of amides is 1. The fraction of sp³-hybridized carbons (Fsp3) is 0.529. The zero-order valence-corrected chi connectivity index (χ0v) is 14.8. The lowest BCUT2D eigenvalue weighted by atomic mass is 10.1. The van der Waals surface area contributed by atoms with Crippen molar-refractivity contribution in [2.45, 2.75) is 26.3 Å². The number of likely N-dealkylation sites (tertiary alicyclic amines) is 1. The molecule has 1 saturated heterocycles. The van der Waals surface area contributed by atoms with Gasteiger partial charge >= 0.3 is 5.97 Å². The second kappa shape index (κ2) is 8.99. The van der Waals surface area contributed by atoms with Crippen LogP contribution in [0.25, 0.3) is 0 Å². The number of benzene rings is 1. The molecule has 5 nitrogen and oxygen atoms in total. The highest BCUT2D eigenvalue weighted by atomic mass is 35.5. The van der Waals surface area contributed by atoms with Crippen molar-refractivity contribution in [3.05, 3.63) is 35.6 Å². The number of hydrogen-bond acceptors (Lipinski definition) is 3. The Morgan fingerprint density at radius 3 is 2.50 bits per heavy atom. The molecule has 1 heterocycles. The molecule has 0 aromatic heterocycles. The average Bonchev–Trinajstić information content (AvgIpc) is 2.97. The number of nitrogens with zero attached hydrogens (tertiary/aromatic N) is 2. The van der Waals surface area contributed by atoms with Crippen LogP contribution in [-0.2, 0) is 9.59 Å². The molecule has 0 bridgehead atoms. The van der Waals surface area contributed by atoms with Crippen molar-refractivity contribution in [2.75, 3.05) is 26.2 Å². The number of carbonyl (C=O) groups is 2. The summed E-state index contributed by atoms with van der Waals surface area (Å²) in [6, 6.07) is 6.01. The molecule has 1 N–H and O–H groups in total. The predicted octanol–water partition coefficient (Wildman–Crippen LogP) is 2.56. The van der Waals surface area contributed by atoms with Gasteiger partial charge in [0.05, 0.1) is 18.5 Å². The van der Waals surface area contributed by atoms with E-state index in [1.807, 2.05) is 18.7 Å². The maximum Gasteiger partial charge on any atom is 0.307 e. The molecule has 1 aliphatic rings. The molecule has 0 radical (unpaired) electrons. The molecule has 1 aromatic rings. The molecule has 134 valence electrons. The lowest BCUT2D eigenvalue weighted by Gasteiger charge is -2.30. The number of halogens is 2. The van der Waals surface area contributed by atoms with Gasteiger partial charge in [-0.3, -0.25) is 14.5 Å². The van der Waals surface area contributed by atoms with Crippen LogP contribution in [0.3, 0.4) is 0 Å². The van der Waals surface area contributed by atoms with Gasteiger partial charge in [-0.05, 0) is 44.5 Å². The summed E-state index contributed by atoms with van der Waals surface area (Å²) in [6.07, 6.45) is 0.586. The first-order valence-corrected chi connectivity index (χ1v) is 7.92. The Kier molecular flexibility index (Phi) is 7.63. The van der Waals surface area contributed by atoms with Crippen LogP contribution in [0.2, 0.25) is 0 Å². The maximum absolute atomic E-state index is 13.0. The molecule has 7 heteroatoms. The van der Waals surface area contributed by atoms with Gasteiger partial charge in [-0.25, -0.2) is 4.39 Å². The van der Waals surface area contributed by atoms with E-state index < -0.39 is 5.97 Å². The zero-order valence-electron chi connectivity index (χ0n) is 13.9. The monoisotopic (exact) mass is 358 g/mol. The number of likely N-dealkylation sites (N-methyl/N-ethyl adjacent to an activating group) is 1. The number of carbonyl (C=O) groups excluding carboxylic acids is 1. The van der Waals surface area contributed by atoms with Crippen molar-refractivity contribution < 1.29 is 19.1 Å². The van der Waals surface area contributed by atoms with E-state index >= 15 is 0 Å². The van der Waals surface area contributed by atoms with Gasteiger partial charge in [-0.1, -0.05) is 12.1 Å². The van der Waals surface area contributed by atoms with E-state index in [-0.39, 0.29) is 42.6 Å². The summed E-state index contributed by atoms with van der Waals surface area (Å²) < 4.78 is 13.0. The molecule has 2 atom stereocenters. The van der Waals surface area contributed by atoms with Crippen LogP contribution >= 0.6 is 12.4 Å². The largest absolute Gasteiger partial charge is 0.481 e. The van der Waals surface area contributed by atoms with Crippen LogP contribution in [0.4, 0.5) is 4.39 Å². The lowest BCUT2D eigenvalue weighted by Crippen LogP contribution is -2.41. The van der Waals surface area contributed by atoms with Crippen LogP contribution in [0.1, 0.15) is 31.9 Å². The van der Waals surface area contributed by atoms with E-state index in [0.717, 1.165) is 5.56 Å². The Balaban J connectivity index is 0.00000288. The first-order valence-electron chi connectivity index (χ1n) is 7.92. The van der Waals surface area contributed by atoms with Crippen LogP contribution in [0, 0.1) is 11.7 Å². The third-order valence-electron chi connectivity index (χ3n) is 4.46. The standard InChI is InChI=1S/C17H23FN2O3.ClH/c1-3-20(12(2)13-4-6-15(18)7-5-13)16(21)11-19-9-8-14(10-19)17(22)23;/h4-7,12,14H,3,8-11H2,1-2H3,(H,22,23);1H. The number of carboxylic acid groups (broad SMARTS) is 1. The molecular formula is C17H24ClFN2O3. The highest BCUT2D eigenvalue weighted by Crippen LogP contribution is 2.22. The van der Waals surface area contributed by atoms with Gasteiger partial charge in [0.15, 0.2) is 0 Å². The Morgan fingerprint density at radius 2 is 2.00 bits per heavy atom. The van der Waals surface area contributed by atoms with Gasteiger partial charge in [-0.15, -0.1) is 12.4 Å². The van der Waals surface area contributed by atoms with Gasteiger partial charge in [0.2, 0.25) is 5.91 Å². The summed E-state index contributed by atoms with van der Waals surface area (Å²) in [5.74, 6) is -1.51.